The van der Waals surface area contributed by atoms with Crippen LogP contribution in [-0.4, -0.2) is 44.4 Å². The van der Waals surface area contributed by atoms with Crippen molar-refractivity contribution in [2.45, 2.75) is 50.4 Å². The molecule has 0 saturated heterocycles. The Hall–Kier alpha value is -2.12. The van der Waals surface area contributed by atoms with Gasteiger partial charge in [0.2, 0.25) is 5.91 Å². The van der Waals surface area contributed by atoms with Crippen molar-refractivity contribution in [1.82, 2.24) is 19.7 Å². The van der Waals surface area contributed by atoms with E-state index in [9.17, 15) is 4.79 Å². The Morgan fingerprint density at radius 2 is 1.90 bits per heavy atom. The maximum atomic E-state index is 12.9. The Kier molecular flexibility index (Phi) is 6.89. The smallest absolute Gasteiger partial charge is 0.233 e. The minimum Gasteiger partial charge on any atom is -0.342 e. The van der Waals surface area contributed by atoms with Crippen LogP contribution in [0.5, 0.6) is 0 Å². The average Bonchev–Trinajstić information content (AvgIpc) is 3.43. The molecule has 4 rings (SSSR count). The van der Waals surface area contributed by atoms with Crippen LogP contribution in [0.15, 0.2) is 53.0 Å². The minimum absolute atomic E-state index is 0.173. The number of amides is 1. The van der Waals surface area contributed by atoms with Gasteiger partial charge in [0.25, 0.3) is 0 Å². The van der Waals surface area contributed by atoms with Gasteiger partial charge in [-0.1, -0.05) is 55.1 Å². The van der Waals surface area contributed by atoms with Crippen LogP contribution in [0, 0.1) is 5.92 Å². The Balaban J connectivity index is 1.47. The van der Waals surface area contributed by atoms with E-state index in [4.69, 9.17) is 0 Å². The van der Waals surface area contributed by atoms with E-state index in [0.29, 0.717) is 18.3 Å². The van der Waals surface area contributed by atoms with Gasteiger partial charge in [-0.15, -0.1) is 21.5 Å². The van der Waals surface area contributed by atoms with Crippen LogP contribution in [0.1, 0.15) is 38.2 Å². The lowest BCUT2D eigenvalue weighted by Gasteiger charge is -2.33. The van der Waals surface area contributed by atoms with Crippen LogP contribution in [0.4, 0.5) is 0 Å². The molecule has 2 aromatic heterocycles. The average molecular weight is 441 g/mol. The summed E-state index contributed by atoms with van der Waals surface area (Å²) in [4.78, 5) is 15.9. The molecule has 30 heavy (non-hydrogen) atoms. The van der Waals surface area contributed by atoms with E-state index in [-0.39, 0.29) is 5.91 Å². The van der Waals surface area contributed by atoms with Crippen LogP contribution in [0.25, 0.3) is 10.7 Å². The molecular formula is C23H28N4OS2. The number of thiophene rings is 1. The first-order valence-corrected chi connectivity index (χ1v) is 12.4. The van der Waals surface area contributed by atoms with Crippen molar-refractivity contribution in [3.8, 4) is 10.7 Å². The molecule has 1 fully saturated rings. The van der Waals surface area contributed by atoms with Crippen molar-refractivity contribution in [2.24, 2.45) is 5.92 Å². The summed E-state index contributed by atoms with van der Waals surface area (Å²) in [5.74, 6) is 2.20. The number of carbonyl (C=O) groups excluding carboxylic acids is 1. The zero-order valence-electron chi connectivity index (χ0n) is 17.5. The summed E-state index contributed by atoms with van der Waals surface area (Å²) < 4.78 is 2.13. The highest BCUT2D eigenvalue weighted by atomic mass is 32.2. The van der Waals surface area contributed by atoms with Crippen molar-refractivity contribution in [3.05, 3.63) is 53.4 Å². The quantitative estimate of drug-likeness (QED) is 0.475. The summed E-state index contributed by atoms with van der Waals surface area (Å²) in [6.45, 7) is 2.99. The van der Waals surface area contributed by atoms with E-state index < -0.39 is 0 Å². The van der Waals surface area contributed by atoms with Crippen LogP contribution in [0.2, 0.25) is 0 Å². The normalized spacial score (nSPS) is 19.0. The first-order chi connectivity index (χ1) is 14.6. The molecule has 0 spiro atoms. The Morgan fingerprint density at radius 1 is 1.13 bits per heavy atom. The molecule has 158 valence electrons. The summed E-state index contributed by atoms with van der Waals surface area (Å²) in [6.07, 6.45) is 4.65. The minimum atomic E-state index is 0.173. The Bertz CT molecular complexity index is 947. The molecule has 3 aromatic rings. The molecule has 2 heterocycles. The fourth-order valence-corrected chi connectivity index (χ4v) is 5.53. The lowest BCUT2D eigenvalue weighted by atomic mass is 9.87. The van der Waals surface area contributed by atoms with Gasteiger partial charge in [-0.25, -0.2) is 0 Å². The predicted octanol–water partition coefficient (Wildman–Crippen LogP) is 5.18. The summed E-state index contributed by atoms with van der Waals surface area (Å²) >= 11 is 3.14. The van der Waals surface area contributed by atoms with E-state index in [1.54, 1.807) is 11.3 Å². The molecule has 0 bridgehead atoms. The van der Waals surface area contributed by atoms with Gasteiger partial charge in [-0.3, -0.25) is 9.36 Å². The van der Waals surface area contributed by atoms with Gasteiger partial charge in [0.05, 0.1) is 17.2 Å². The lowest BCUT2D eigenvalue weighted by Crippen LogP contribution is -2.40. The highest BCUT2D eigenvalue weighted by Gasteiger charge is 2.25. The third kappa shape index (κ3) is 4.95. The van der Waals surface area contributed by atoms with Gasteiger partial charge in [0, 0.05) is 13.1 Å². The second-order valence-corrected chi connectivity index (χ2v) is 9.95. The first kappa shape index (κ1) is 21.1. The zero-order chi connectivity index (χ0) is 20.9. The molecular weight excluding hydrogens is 412 g/mol. The van der Waals surface area contributed by atoms with Crippen molar-refractivity contribution in [1.29, 1.82) is 0 Å². The summed E-state index contributed by atoms with van der Waals surface area (Å²) in [6, 6.07) is 14.8. The van der Waals surface area contributed by atoms with E-state index in [2.05, 4.69) is 39.9 Å². The van der Waals surface area contributed by atoms with Gasteiger partial charge in [0.1, 0.15) is 0 Å². The SMILES string of the molecule is CC1CCC(N(C)C(=O)CSc2nnc(-c3cccs3)n2Cc2ccccc2)CC1. The van der Waals surface area contributed by atoms with E-state index in [1.807, 2.05) is 41.6 Å². The van der Waals surface area contributed by atoms with Gasteiger partial charge in [-0.2, -0.15) is 0 Å². The second-order valence-electron chi connectivity index (χ2n) is 8.06. The maximum Gasteiger partial charge on any atom is 0.233 e. The van der Waals surface area contributed by atoms with Crippen LogP contribution < -0.4 is 0 Å². The Morgan fingerprint density at radius 3 is 2.60 bits per heavy atom. The monoisotopic (exact) mass is 440 g/mol. The molecule has 1 aliphatic rings. The van der Waals surface area contributed by atoms with E-state index in [1.165, 1.54) is 30.2 Å². The molecule has 0 radical (unpaired) electrons. The van der Waals surface area contributed by atoms with Crippen molar-refractivity contribution in [3.63, 3.8) is 0 Å². The molecule has 0 N–H and O–H groups in total. The largest absolute Gasteiger partial charge is 0.342 e. The number of benzene rings is 1. The molecule has 1 aliphatic carbocycles. The number of hydrogen-bond donors (Lipinski definition) is 0. The highest BCUT2D eigenvalue weighted by molar-refractivity contribution is 7.99. The van der Waals surface area contributed by atoms with Crippen molar-refractivity contribution < 1.29 is 4.79 Å². The van der Waals surface area contributed by atoms with Gasteiger partial charge in [-0.05, 0) is 48.6 Å². The maximum absolute atomic E-state index is 12.9. The number of carbonyl (C=O) groups is 1. The van der Waals surface area contributed by atoms with Crippen LogP contribution in [-0.2, 0) is 11.3 Å². The summed E-state index contributed by atoms with van der Waals surface area (Å²) in [7, 11) is 1.95. The van der Waals surface area contributed by atoms with Crippen LogP contribution >= 0.6 is 23.1 Å². The molecule has 0 aliphatic heterocycles. The summed E-state index contributed by atoms with van der Waals surface area (Å²) in [5.41, 5.74) is 1.19. The molecule has 1 aromatic carbocycles. The number of rotatable bonds is 7. The molecule has 5 nitrogen and oxygen atoms in total. The number of aromatic nitrogens is 3. The summed E-state index contributed by atoms with van der Waals surface area (Å²) in [5, 5.41) is 11.7. The number of nitrogens with zero attached hydrogens (tertiary/aromatic N) is 4. The topological polar surface area (TPSA) is 51.0 Å². The standard InChI is InChI=1S/C23H28N4OS2/c1-17-10-12-19(13-11-17)26(2)21(28)16-30-23-25-24-22(20-9-6-14-29-20)27(23)15-18-7-4-3-5-8-18/h3-9,14,17,19H,10-13,15-16H2,1-2H3. The fraction of sp³-hybridized carbons (Fsp3) is 0.435. The number of thioether (sulfide) groups is 1. The molecule has 1 amide bonds. The highest BCUT2D eigenvalue weighted by Crippen LogP contribution is 2.30. The first-order valence-electron chi connectivity index (χ1n) is 10.5. The zero-order valence-corrected chi connectivity index (χ0v) is 19.2. The molecule has 0 atom stereocenters. The predicted molar refractivity (Wildman–Crippen MR) is 124 cm³/mol. The van der Waals surface area contributed by atoms with E-state index in [0.717, 1.165) is 34.6 Å². The van der Waals surface area contributed by atoms with E-state index >= 15 is 0 Å². The second kappa shape index (κ2) is 9.79. The van der Waals surface area contributed by atoms with Gasteiger partial charge >= 0.3 is 0 Å². The lowest BCUT2D eigenvalue weighted by molar-refractivity contribution is -0.129. The van der Waals surface area contributed by atoms with Crippen molar-refractivity contribution in [2.75, 3.05) is 12.8 Å². The van der Waals surface area contributed by atoms with Crippen molar-refractivity contribution >= 4 is 29.0 Å². The van der Waals surface area contributed by atoms with Gasteiger partial charge < -0.3 is 4.90 Å². The third-order valence-electron chi connectivity index (χ3n) is 5.89. The van der Waals surface area contributed by atoms with Gasteiger partial charge in [0.15, 0.2) is 11.0 Å². The number of hydrogen-bond acceptors (Lipinski definition) is 5. The fourth-order valence-electron chi connectivity index (χ4n) is 3.95. The molecule has 0 unspecified atom stereocenters. The third-order valence-corrected chi connectivity index (χ3v) is 7.71. The Labute approximate surface area is 186 Å². The molecule has 1 saturated carbocycles. The molecule has 7 heteroatoms. The van der Waals surface area contributed by atoms with Crippen LogP contribution in [0.3, 0.4) is 0 Å².